The predicted molar refractivity (Wildman–Crippen MR) is 99.0 cm³/mol. The number of nitrogens with one attached hydrogen (secondary N) is 1. The first-order valence-corrected chi connectivity index (χ1v) is 8.68. The highest BCUT2D eigenvalue weighted by molar-refractivity contribution is 9.11. The molecule has 2 rings (SSSR count). The van der Waals surface area contributed by atoms with E-state index in [0.717, 1.165) is 14.6 Å². The zero-order valence-electron chi connectivity index (χ0n) is 12.9. The van der Waals surface area contributed by atoms with Crippen LogP contribution in [-0.4, -0.2) is 0 Å². The average molecular weight is 411 g/mol. The third-order valence-electron chi connectivity index (χ3n) is 3.56. The third kappa shape index (κ3) is 4.33. The number of benzene rings is 2. The molecule has 1 atom stereocenters. The van der Waals surface area contributed by atoms with Crippen molar-refractivity contribution in [1.29, 1.82) is 0 Å². The first-order valence-electron chi connectivity index (χ1n) is 7.09. The lowest BCUT2D eigenvalue weighted by Crippen LogP contribution is -2.11. The van der Waals surface area contributed by atoms with Gasteiger partial charge in [-0.05, 0) is 47.7 Å². The molecule has 0 aliphatic heterocycles. The Morgan fingerprint density at radius 3 is 2.10 bits per heavy atom. The Hall–Kier alpha value is -0.800. The Morgan fingerprint density at radius 2 is 1.57 bits per heavy atom. The quantitative estimate of drug-likeness (QED) is 0.594. The highest BCUT2D eigenvalue weighted by Crippen LogP contribution is 2.30. The van der Waals surface area contributed by atoms with Crippen molar-refractivity contribution >= 4 is 37.5 Å². The van der Waals surface area contributed by atoms with E-state index in [4.69, 9.17) is 0 Å². The Kier molecular flexibility index (Phi) is 5.15. The molecule has 2 aromatic carbocycles. The maximum atomic E-state index is 3.63. The Bertz CT molecular complexity index is 612. The molecule has 0 amide bonds. The van der Waals surface area contributed by atoms with Crippen LogP contribution in [0.3, 0.4) is 0 Å². The number of rotatable bonds is 3. The van der Waals surface area contributed by atoms with Crippen LogP contribution in [0.5, 0.6) is 0 Å². The largest absolute Gasteiger partial charge is 0.378 e. The minimum Gasteiger partial charge on any atom is -0.378 e. The molecule has 0 bridgehead atoms. The lowest BCUT2D eigenvalue weighted by molar-refractivity contribution is 0.590. The molecule has 112 valence electrons. The van der Waals surface area contributed by atoms with E-state index >= 15 is 0 Å². The van der Waals surface area contributed by atoms with Crippen LogP contribution < -0.4 is 5.32 Å². The van der Waals surface area contributed by atoms with Gasteiger partial charge in [-0.25, -0.2) is 0 Å². The summed E-state index contributed by atoms with van der Waals surface area (Å²) in [6, 6.07) is 15.2. The van der Waals surface area contributed by atoms with Gasteiger partial charge in [-0.2, -0.15) is 0 Å². The zero-order chi connectivity index (χ0) is 15.6. The molecule has 0 fully saturated rings. The predicted octanol–water partition coefficient (Wildman–Crippen LogP) is 6.68. The smallest absolute Gasteiger partial charge is 0.0496 e. The normalized spacial score (nSPS) is 13.0. The molecule has 3 heteroatoms. The second-order valence-corrected chi connectivity index (χ2v) is 8.13. The van der Waals surface area contributed by atoms with Crippen molar-refractivity contribution in [3.63, 3.8) is 0 Å². The van der Waals surface area contributed by atoms with Crippen molar-refractivity contribution in [3.8, 4) is 0 Å². The monoisotopic (exact) mass is 409 g/mol. The van der Waals surface area contributed by atoms with Gasteiger partial charge >= 0.3 is 0 Å². The van der Waals surface area contributed by atoms with Crippen LogP contribution in [0.15, 0.2) is 51.4 Å². The summed E-state index contributed by atoms with van der Waals surface area (Å²) in [7, 11) is 0. The van der Waals surface area contributed by atoms with E-state index in [1.54, 1.807) is 0 Å². The fraction of sp³-hybridized carbons (Fsp3) is 0.333. The molecule has 21 heavy (non-hydrogen) atoms. The summed E-state index contributed by atoms with van der Waals surface area (Å²) >= 11 is 7.12. The number of anilines is 1. The molecule has 2 aromatic rings. The molecule has 0 aliphatic carbocycles. The van der Waals surface area contributed by atoms with E-state index in [9.17, 15) is 0 Å². The van der Waals surface area contributed by atoms with Crippen LogP contribution in [-0.2, 0) is 5.41 Å². The van der Waals surface area contributed by atoms with Gasteiger partial charge in [0, 0.05) is 20.7 Å². The van der Waals surface area contributed by atoms with Gasteiger partial charge in [-0.3, -0.25) is 0 Å². The van der Waals surface area contributed by atoms with Gasteiger partial charge in [0.15, 0.2) is 0 Å². The van der Waals surface area contributed by atoms with Gasteiger partial charge in [-0.1, -0.05) is 70.8 Å². The topological polar surface area (TPSA) is 12.0 Å². The summed E-state index contributed by atoms with van der Waals surface area (Å²) in [5.41, 5.74) is 3.94. The van der Waals surface area contributed by atoms with Crippen LogP contribution in [0.1, 0.15) is 44.9 Å². The maximum Gasteiger partial charge on any atom is 0.0496 e. The Labute approximate surface area is 144 Å². The van der Waals surface area contributed by atoms with Crippen LogP contribution in [0.2, 0.25) is 0 Å². The highest BCUT2D eigenvalue weighted by Gasteiger charge is 2.14. The highest BCUT2D eigenvalue weighted by atomic mass is 79.9. The second-order valence-electron chi connectivity index (χ2n) is 6.36. The minimum absolute atomic E-state index is 0.193. The first-order chi connectivity index (χ1) is 9.77. The first kappa shape index (κ1) is 16.6. The fourth-order valence-electron chi connectivity index (χ4n) is 2.25. The van der Waals surface area contributed by atoms with Gasteiger partial charge in [0.1, 0.15) is 0 Å². The van der Waals surface area contributed by atoms with Crippen LogP contribution in [0.25, 0.3) is 0 Å². The van der Waals surface area contributed by atoms with Crippen molar-refractivity contribution in [2.45, 2.75) is 39.2 Å². The summed E-state index contributed by atoms with van der Waals surface area (Å²) in [6.07, 6.45) is 0. The number of hydrogen-bond acceptors (Lipinski definition) is 1. The molecule has 1 N–H and O–H groups in total. The Morgan fingerprint density at radius 1 is 0.952 bits per heavy atom. The summed E-state index contributed by atoms with van der Waals surface area (Å²) in [4.78, 5) is 0. The third-order valence-corrected chi connectivity index (χ3v) is 4.74. The standard InChI is InChI=1S/C18H21Br2N/c1-12(16-10-7-14(19)11-17(16)20)21-15-8-5-13(6-9-15)18(2,3)4/h5-12,21H,1-4H3. The molecule has 0 saturated heterocycles. The lowest BCUT2D eigenvalue weighted by atomic mass is 9.87. The molecule has 0 aromatic heterocycles. The zero-order valence-corrected chi connectivity index (χ0v) is 16.0. The van der Waals surface area contributed by atoms with Gasteiger partial charge in [-0.15, -0.1) is 0 Å². The van der Waals surface area contributed by atoms with Crippen molar-refractivity contribution < 1.29 is 0 Å². The summed E-state index contributed by atoms with van der Waals surface area (Å²) in [5.74, 6) is 0. The molecule has 1 nitrogen and oxygen atoms in total. The maximum absolute atomic E-state index is 3.63. The molecular weight excluding hydrogens is 390 g/mol. The van der Waals surface area contributed by atoms with Gasteiger partial charge < -0.3 is 5.32 Å². The van der Waals surface area contributed by atoms with Crippen molar-refractivity contribution in [3.05, 3.63) is 62.5 Å². The van der Waals surface area contributed by atoms with E-state index < -0.39 is 0 Å². The molecule has 0 aliphatic rings. The van der Waals surface area contributed by atoms with E-state index in [0.29, 0.717) is 0 Å². The molecular formula is C18H21Br2N. The summed E-state index contributed by atoms with van der Waals surface area (Å²) in [6.45, 7) is 8.87. The van der Waals surface area contributed by atoms with Crippen LogP contribution in [0, 0.1) is 0 Å². The molecule has 1 unspecified atom stereocenters. The van der Waals surface area contributed by atoms with E-state index in [1.807, 2.05) is 0 Å². The fourth-order valence-corrected chi connectivity index (χ4v) is 3.64. The molecule has 0 radical (unpaired) electrons. The van der Waals surface area contributed by atoms with Crippen molar-refractivity contribution in [2.75, 3.05) is 5.32 Å². The Balaban J connectivity index is 2.14. The summed E-state index contributed by atoms with van der Waals surface area (Å²) in [5, 5.41) is 3.55. The minimum atomic E-state index is 0.193. The lowest BCUT2D eigenvalue weighted by Gasteiger charge is -2.21. The average Bonchev–Trinajstić information content (AvgIpc) is 2.38. The second kappa shape index (κ2) is 6.53. The van der Waals surface area contributed by atoms with Crippen molar-refractivity contribution in [2.24, 2.45) is 0 Å². The number of halogens is 2. The SMILES string of the molecule is CC(Nc1ccc(C(C)(C)C)cc1)c1ccc(Br)cc1Br. The molecule has 0 saturated carbocycles. The molecule has 0 spiro atoms. The van der Waals surface area contributed by atoms with Crippen molar-refractivity contribution in [1.82, 2.24) is 0 Å². The van der Waals surface area contributed by atoms with Gasteiger partial charge in [0.05, 0.1) is 0 Å². The van der Waals surface area contributed by atoms with E-state index in [2.05, 4.69) is 107 Å². The van der Waals surface area contributed by atoms with Crippen LogP contribution >= 0.6 is 31.9 Å². The van der Waals surface area contributed by atoms with Gasteiger partial charge in [0.2, 0.25) is 0 Å². The van der Waals surface area contributed by atoms with E-state index in [1.165, 1.54) is 11.1 Å². The van der Waals surface area contributed by atoms with Gasteiger partial charge in [0.25, 0.3) is 0 Å². The summed E-state index contributed by atoms with van der Waals surface area (Å²) < 4.78 is 2.20. The van der Waals surface area contributed by atoms with Crippen LogP contribution in [0.4, 0.5) is 5.69 Å². The molecule has 0 heterocycles. The number of hydrogen-bond donors (Lipinski definition) is 1. The van der Waals surface area contributed by atoms with E-state index in [-0.39, 0.29) is 11.5 Å².